The molecule has 110 valence electrons. The minimum Gasteiger partial charge on any atom is -0.467 e. The van der Waals surface area contributed by atoms with Crippen LogP contribution in [0.3, 0.4) is 0 Å². The fourth-order valence-electron chi connectivity index (χ4n) is 1.61. The van der Waals surface area contributed by atoms with Crippen LogP contribution in [0.2, 0.25) is 0 Å². The van der Waals surface area contributed by atoms with Crippen molar-refractivity contribution in [2.75, 3.05) is 24.8 Å². The second-order valence-corrected chi connectivity index (χ2v) is 4.32. The Balaban J connectivity index is 3.19. The highest BCUT2D eigenvalue weighted by Gasteiger charge is 2.29. The standard InChI is InChI=1S/C11H17N5O4/c1-6(2)7(11(17)20-4)15-10-8(16(18)19)9(12-3)13-5-14-10/h5-7H,1-4H3,(H2,12,13,14,15). The van der Waals surface area contributed by atoms with Gasteiger partial charge in [0.15, 0.2) is 0 Å². The molecule has 0 saturated heterocycles. The number of anilines is 2. The Morgan fingerprint density at radius 3 is 2.45 bits per heavy atom. The molecule has 1 unspecified atom stereocenters. The molecular formula is C11H17N5O4. The first kappa shape index (κ1) is 15.6. The fraction of sp³-hybridized carbons (Fsp3) is 0.545. The van der Waals surface area contributed by atoms with Gasteiger partial charge in [0.2, 0.25) is 11.6 Å². The molecule has 0 aliphatic heterocycles. The van der Waals surface area contributed by atoms with E-state index in [9.17, 15) is 14.9 Å². The van der Waals surface area contributed by atoms with Gasteiger partial charge < -0.3 is 15.4 Å². The molecule has 0 aliphatic rings. The lowest BCUT2D eigenvalue weighted by Gasteiger charge is -2.20. The number of carbonyl (C=O) groups excluding carboxylic acids is 1. The summed E-state index contributed by atoms with van der Waals surface area (Å²) in [7, 11) is 2.77. The van der Waals surface area contributed by atoms with Crippen LogP contribution in [0.25, 0.3) is 0 Å². The Labute approximate surface area is 115 Å². The zero-order valence-electron chi connectivity index (χ0n) is 11.7. The van der Waals surface area contributed by atoms with Crippen molar-refractivity contribution < 1.29 is 14.5 Å². The first-order valence-electron chi connectivity index (χ1n) is 5.93. The van der Waals surface area contributed by atoms with Gasteiger partial charge in [0.05, 0.1) is 12.0 Å². The highest BCUT2D eigenvalue weighted by molar-refractivity contribution is 5.81. The average Bonchev–Trinajstić information content (AvgIpc) is 2.42. The monoisotopic (exact) mass is 283 g/mol. The van der Waals surface area contributed by atoms with Crippen LogP contribution in [0.5, 0.6) is 0 Å². The predicted octanol–water partition coefficient (Wildman–Crippen LogP) is 1.04. The molecule has 2 N–H and O–H groups in total. The van der Waals surface area contributed by atoms with Crippen molar-refractivity contribution >= 4 is 23.3 Å². The fourth-order valence-corrected chi connectivity index (χ4v) is 1.61. The molecular weight excluding hydrogens is 266 g/mol. The largest absolute Gasteiger partial charge is 0.467 e. The quantitative estimate of drug-likeness (QED) is 0.451. The van der Waals surface area contributed by atoms with Crippen LogP contribution in [0.4, 0.5) is 17.3 Å². The van der Waals surface area contributed by atoms with Crippen molar-refractivity contribution in [3.8, 4) is 0 Å². The van der Waals surface area contributed by atoms with Crippen LogP contribution in [0.15, 0.2) is 6.33 Å². The number of nitrogens with one attached hydrogen (secondary N) is 2. The Hall–Kier alpha value is -2.45. The van der Waals surface area contributed by atoms with E-state index in [0.29, 0.717) is 0 Å². The van der Waals surface area contributed by atoms with E-state index in [4.69, 9.17) is 0 Å². The lowest BCUT2D eigenvalue weighted by atomic mass is 10.0. The van der Waals surface area contributed by atoms with E-state index in [2.05, 4.69) is 25.3 Å². The van der Waals surface area contributed by atoms with Crippen molar-refractivity contribution in [2.24, 2.45) is 5.92 Å². The summed E-state index contributed by atoms with van der Waals surface area (Å²) < 4.78 is 4.67. The smallest absolute Gasteiger partial charge is 0.353 e. The molecule has 0 spiro atoms. The number of esters is 1. The predicted molar refractivity (Wildman–Crippen MR) is 72.5 cm³/mol. The van der Waals surface area contributed by atoms with Gasteiger partial charge in [-0.3, -0.25) is 10.1 Å². The number of hydrogen-bond donors (Lipinski definition) is 2. The van der Waals surface area contributed by atoms with Crippen molar-refractivity contribution in [3.63, 3.8) is 0 Å². The number of ether oxygens (including phenoxy) is 1. The summed E-state index contributed by atoms with van der Waals surface area (Å²) in [5.74, 6) is -0.604. The third-order valence-corrected chi connectivity index (χ3v) is 2.66. The van der Waals surface area contributed by atoms with Crippen molar-refractivity contribution in [1.29, 1.82) is 0 Å². The minimum absolute atomic E-state index is 0.0292. The molecule has 0 bridgehead atoms. The van der Waals surface area contributed by atoms with E-state index in [-0.39, 0.29) is 23.2 Å². The second-order valence-electron chi connectivity index (χ2n) is 4.32. The zero-order valence-corrected chi connectivity index (χ0v) is 11.7. The van der Waals surface area contributed by atoms with Crippen molar-refractivity contribution in [3.05, 3.63) is 16.4 Å². The molecule has 1 aromatic heterocycles. The molecule has 1 rings (SSSR count). The Morgan fingerprint density at radius 2 is 2.00 bits per heavy atom. The molecule has 20 heavy (non-hydrogen) atoms. The molecule has 1 heterocycles. The van der Waals surface area contributed by atoms with Crippen LogP contribution in [-0.4, -0.2) is 41.1 Å². The van der Waals surface area contributed by atoms with Crippen LogP contribution in [0, 0.1) is 16.0 Å². The van der Waals surface area contributed by atoms with Gasteiger partial charge in [0.1, 0.15) is 12.4 Å². The summed E-state index contributed by atoms with van der Waals surface area (Å²) in [6.07, 6.45) is 1.18. The van der Waals surface area contributed by atoms with Crippen molar-refractivity contribution in [1.82, 2.24) is 9.97 Å². The molecule has 0 saturated carbocycles. The van der Waals surface area contributed by atoms with Crippen LogP contribution in [0.1, 0.15) is 13.8 Å². The number of aromatic nitrogens is 2. The Morgan fingerprint density at radius 1 is 1.40 bits per heavy atom. The SMILES string of the molecule is CNc1ncnc(NC(C(=O)OC)C(C)C)c1[N+](=O)[O-]. The average molecular weight is 283 g/mol. The number of methoxy groups -OCH3 is 1. The molecule has 0 aliphatic carbocycles. The molecule has 0 radical (unpaired) electrons. The number of nitrogens with zero attached hydrogens (tertiary/aromatic N) is 3. The zero-order chi connectivity index (χ0) is 15.3. The van der Waals surface area contributed by atoms with Gasteiger partial charge in [-0.15, -0.1) is 0 Å². The summed E-state index contributed by atoms with van der Waals surface area (Å²) in [6, 6.07) is -0.738. The maximum atomic E-state index is 11.7. The van der Waals surface area contributed by atoms with Crippen LogP contribution < -0.4 is 10.6 Å². The number of nitro groups is 1. The topological polar surface area (TPSA) is 119 Å². The summed E-state index contributed by atoms with van der Waals surface area (Å²) in [6.45, 7) is 3.58. The highest BCUT2D eigenvalue weighted by atomic mass is 16.6. The lowest BCUT2D eigenvalue weighted by molar-refractivity contribution is -0.383. The van der Waals surface area contributed by atoms with E-state index in [0.717, 1.165) is 0 Å². The first-order valence-corrected chi connectivity index (χ1v) is 5.93. The van der Waals surface area contributed by atoms with E-state index in [1.807, 2.05) is 0 Å². The second kappa shape index (κ2) is 6.64. The number of hydrogen-bond acceptors (Lipinski definition) is 8. The van der Waals surface area contributed by atoms with E-state index < -0.39 is 16.9 Å². The van der Waals surface area contributed by atoms with Crippen LogP contribution >= 0.6 is 0 Å². The summed E-state index contributed by atoms with van der Waals surface area (Å²) in [5.41, 5.74) is -0.315. The molecule has 9 heteroatoms. The lowest BCUT2D eigenvalue weighted by Crippen LogP contribution is -2.36. The molecule has 1 aromatic rings. The van der Waals surface area contributed by atoms with Gasteiger partial charge >= 0.3 is 11.7 Å². The van der Waals surface area contributed by atoms with E-state index in [1.165, 1.54) is 20.5 Å². The van der Waals surface area contributed by atoms with Gasteiger partial charge in [-0.25, -0.2) is 14.8 Å². The number of rotatable bonds is 6. The molecule has 1 atom stereocenters. The first-order chi connectivity index (χ1) is 9.42. The Kier molecular flexibility index (Phi) is 5.18. The molecule has 0 fully saturated rings. The maximum absolute atomic E-state index is 11.7. The van der Waals surface area contributed by atoms with Crippen LogP contribution in [-0.2, 0) is 9.53 Å². The summed E-state index contributed by atoms with van der Waals surface area (Å²) in [5, 5.41) is 16.5. The highest BCUT2D eigenvalue weighted by Crippen LogP contribution is 2.29. The molecule has 0 amide bonds. The third-order valence-electron chi connectivity index (χ3n) is 2.66. The van der Waals surface area contributed by atoms with Gasteiger partial charge in [0, 0.05) is 7.05 Å². The normalized spacial score (nSPS) is 11.8. The van der Waals surface area contributed by atoms with Gasteiger partial charge in [-0.05, 0) is 5.92 Å². The summed E-state index contributed by atoms with van der Waals surface area (Å²) in [4.78, 5) is 29.8. The van der Waals surface area contributed by atoms with Crippen molar-refractivity contribution in [2.45, 2.75) is 19.9 Å². The van der Waals surface area contributed by atoms with Gasteiger partial charge in [0.25, 0.3) is 0 Å². The van der Waals surface area contributed by atoms with E-state index in [1.54, 1.807) is 13.8 Å². The maximum Gasteiger partial charge on any atom is 0.353 e. The third kappa shape index (κ3) is 3.31. The number of carbonyl (C=O) groups is 1. The molecule has 9 nitrogen and oxygen atoms in total. The summed E-state index contributed by atoms with van der Waals surface area (Å²) >= 11 is 0. The van der Waals surface area contributed by atoms with Gasteiger partial charge in [-0.1, -0.05) is 13.8 Å². The molecule has 0 aromatic carbocycles. The Bertz CT molecular complexity index is 506. The van der Waals surface area contributed by atoms with Gasteiger partial charge in [-0.2, -0.15) is 0 Å². The minimum atomic E-state index is -0.738. The van der Waals surface area contributed by atoms with E-state index >= 15 is 0 Å².